The molecular weight excluding hydrogens is 401 g/mol. The summed E-state index contributed by atoms with van der Waals surface area (Å²) >= 11 is 0.810. The Morgan fingerprint density at radius 2 is 1.12 bits per heavy atom. The molecule has 0 fully saturated rings. The summed E-state index contributed by atoms with van der Waals surface area (Å²) in [5.74, 6) is -1.08. The third-order valence-electron chi connectivity index (χ3n) is 1.51. The van der Waals surface area contributed by atoms with E-state index >= 15 is 0 Å². The molecule has 0 aromatic heterocycles. The molecule has 0 N–H and O–H groups in total. The molecule has 3 heteroatoms. The molecule has 0 radical (unpaired) electrons. The van der Waals surface area contributed by atoms with Crippen LogP contribution in [0.15, 0.2) is 66.7 Å². The van der Waals surface area contributed by atoms with Crippen molar-refractivity contribution >= 4 is 9.04 Å². The third-order valence-corrected chi connectivity index (χ3v) is 3.34. The van der Waals surface area contributed by atoms with Crippen LogP contribution in [0.4, 0.5) is 0 Å². The van der Waals surface area contributed by atoms with E-state index in [-0.39, 0.29) is 0 Å². The topological polar surface area (TPSA) is 40.1 Å². The van der Waals surface area contributed by atoms with E-state index in [1.54, 1.807) is 0 Å². The van der Waals surface area contributed by atoms with E-state index in [4.69, 9.17) is 9.90 Å². The van der Waals surface area contributed by atoms with Gasteiger partial charge in [-0.15, -0.1) is 0 Å². The Morgan fingerprint density at radius 3 is 1.29 bits per heavy atom. The Hall–Kier alpha value is -1.15. The molecule has 0 atom stereocenters. The maximum Gasteiger partial charge on any atom is -0.0623 e. The molecule has 84 valence electrons. The molecule has 0 saturated heterocycles. The summed E-state index contributed by atoms with van der Waals surface area (Å²) in [6.07, 6.45) is 0. The molecule has 2 aromatic carbocycles. The van der Waals surface area contributed by atoms with E-state index in [1.807, 2.05) is 36.4 Å². The minimum absolute atomic E-state index is 0.810. The number of benzene rings is 2. The molecule has 0 spiro atoms. The molecule has 17 heavy (non-hydrogen) atoms. The van der Waals surface area contributed by atoms with E-state index in [9.17, 15) is 0 Å². The van der Waals surface area contributed by atoms with Crippen LogP contribution < -0.4 is 8.18 Å². The average molecular weight is 415 g/mol. The van der Waals surface area contributed by atoms with Crippen LogP contribution >= 0.6 is 0 Å². The fraction of sp³-hybridized carbons (Fsp3) is 0.0714. The molecule has 0 aliphatic carbocycles. The summed E-state index contributed by atoms with van der Waals surface area (Å²) in [6, 6.07) is 22.6. The van der Waals surface area contributed by atoms with E-state index in [1.165, 1.54) is 3.07 Å². The van der Waals surface area contributed by atoms with Gasteiger partial charge in [0.05, 0.1) is 0 Å². The molecule has 2 nitrogen and oxygen atoms in total. The van der Waals surface area contributed by atoms with Gasteiger partial charge in [-0.25, -0.2) is 0 Å². The van der Waals surface area contributed by atoms with Crippen LogP contribution in [0.3, 0.4) is 0 Å². The van der Waals surface area contributed by atoms with Gasteiger partial charge < -0.3 is 9.90 Å². The summed E-state index contributed by atoms with van der Waals surface area (Å²) < 4.78 is 1.52. The van der Waals surface area contributed by atoms with E-state index in [0.717, 1.165) is 33.0 Å². The summed E-state index contributed by atoms with van der Waals surface area (Å²) in [6.45, 7) is 0.972. The van der Waals surface area contributed by atoms with E-state index < -0.39 is 5.97 Å². The predicted octanol–water partition coefficient (Wildman–Crippen LogP) is 1.30. The zero-order valence-electron chi connectivity index (χ0n) is 9.87. The standard InChI is InChI=1S/C6H6.C6H5.C2H4O2.Hg/c2*1-2-4-6-5-3-1;1-2(3)4;/h1-6H;1-5H;1H3,(H,3,4);/q;;;+1/p-1. The van der Waals surface area contributed by atoms with Crippen LogP contribution in [0.5, 0.6) is 0 Å². The Kier molecular flexibility index (Phi) is 10.6. The van der Waals surface area contributed by atoms with Gasteiger partial charge in [0.2, 0.25) is 0 Å². The monoisotopic (exact) mass is 416 g/mol. The largest absolute Gasteiger partial charge is 0.0623 e. The molecule has 0 saturated carbocycles. The molecule has 0 heterocycles. The van der Waals surface area contributed by atoms with Crippen molar-refractivity contribution in [3.8, 4) is 0 Å². The van der Waals surface area contributed by atoms with Crippen molar-refractivity contribution in [1.82, 2.24) is 0 Å². The van der Waals surface area contributed by atoms with Gasteiger partial charge >= 0.3 is 59.5 Å². The molecule has 0 aliphatic rings. The number of hydrogen-bond acceptors (Lipinski definition) is 2. The maximum atomic E-state index is 8.89. The number of aliphatic carboxylic acids is 1. The maximum absolute atomic E-state index is 8.89. The molecule has 0 unspecified atom stereocenters. The van der Waals surface area contributed by atoms with Gasteiger partial charge in [0.1, 0.15) is 0 Å². The van der Waals surface area contributed by atoms with Crippen LogP contribution in [-0.2, 0) is 30.9 Å². The first-order valence-corrected chi connectivity index (χ1v) is 7.92. The van der Waals surface area contributed by atoms with Gasteiger partial charge in [-0.3, -0.25) is 0 Å². The molecule has 2 aromatic rings. The van der Waals surface area contributed by atoms with Gasteiger partial charge in [-0.1, -0.05) is 36.4 Å². The Morgan fingerprint density at radius 1 is 0.882 bits per heavy atom. The Labute approximate surface area is 118 Å². The molecule has 0 amide bonds. The van der Waals surface area contributed by atoms with E-state index in [0.29, 0.717) is 0 Å². The SMILES string of the molecule is CC(=O)[O-].[Hg+][c]1ccccc1.c1ccccc1. The zero-order chi connectivity index (χ0) is 12.9. The summed E-state index contributed by atoms with van der Waals surface area (Å²) in [7, 11) is 0. The number of carboxylic acid groups (broad SMARTS) is 1. The molecule has 2 rings (SSSR count). The van der Waals surface area contributed by atoms with Crippen LogP contribution in [-0.4, -0.2) is 5.97 Å². The van der Waals surface area contributed by atoms with Crippen LogP contribution in [0.25, 0.3) is 0 Å². The van der Waals surface area contributed by atoms with Crippen molar-refractivity contribution in [2.24, 2.45) is 0 Å². The van der Waals surface area contributed by atoms with Crippen molar-refractivity contribution in [3.63, 3.8) is 0 Å². The molecular formula is C14H14HgO2. The van der Waals surface area contributed by atoms with Gasteiger partial charge in [-0.05, 0) is 6.92 Å². The fourth-order valence-corrected chi connectivity index (χ4v) is 1.92. The van der Waals surface area contributed by atoms with Crippen molar-refractivity contribution < 1.29 is 36.0 Å². The normalized spacial score (nSPS) is 7.94. The van der Waals surface area contributed by atoms with Crippen molar-refractivity contribution in [2.45, 2.75) is 6.92 Å². The molecule has 0 bridgehead atoms. The second-order valence-electron chi connectivity index (χ2n) is 3.13. The first-order chi connectivity index (χ1) is 8.13. The smallest absolute Gasteiger partial charge is 0.0623 e. The van der Waals surface area contributed by atoms with Crippen LogP contribution in [0.2, 0.25) is 0 Å². The average Bonchev–Trinajstić information content (AvgIpc) is 2.32. The first kappa shape index (κ1) is 15.8. The van der Waals surface area contributed by atoms with E-state index in [2.05, 4.69) is 30.3 Å². The third kappa shape index (κ3) is 14.8. The summed E-state index contributed by atoms with van der Waals surface area (Å²) in [5, 5.41) is 8.89. The van der Waals surface area contributed by atoms with Gasteiger partial charge in [-0.2, -0.15) is 0 Å². The number of carbonyl (C=O) groups excluding carboxylic acids is 1. The fourth-order valence-electron chi connectivity index (χ4n) is 0.863. The Bertz CT molecular complexity index is 357. The summed E-state index contributed by atoms with van der Waals surface area (Å²) in [5.41, 5.74) is 0. The zero-order valence-corrected chi connectivity index (χ0v) is 15.4. The second kappa shape index (κ2) is 11.3. The van der Waals surface area contributed by atoms with Gasteiger partial charge in [0.15, 0.2) is 0 Å². The Balaban J connectivity index is 0.000000236. The van der Waals surface area contributed by atoms with Crippen molar-refractivity contribution in [3.05, 3.63) is 66.7 Å². The van der Waals surface area contributed by atoms with Crippen LogP contribution in [0.1, 0.15) is 6.92 Å². The molecule has 0 aliphatic heterocycles. The number of carbonyl (C=O) groups is 1. The van der Waals surface area contributed by atoms with Gasteiger partial charge in [0, 0.05) is 5.97 Å². The summed E-state index contributed by atoms with van der Waals surface area (Å²) in [4.78, 5) is 8.89. The van der Waals surface area contributed by atoms with Crippen molar-refractivity contribution in [1.29, 1.82) is 0 Å². The van der Waals surface area contributed by atoms with Crippen molar-refractivity contribution in [2.75, 3.05) is 0 Å². The van der Waals surface area contributed by atoms with Crippen LogP contribution in [0, 0.1) is 0 Å². The quantitative estimate of drug-likeness (QED) is 0.610. The van der Waals surface area contributed by atoms with Gasteiger partial charge in [0.25, 0.3) is 0 Å². The number of carboxylic acids is 1. The predicted molar refractivity (Wildman–Crippen MR) is 63.2 cm³/mol. The minimum Gasteiger partial charge on any atom is -0.0623 e. The minimum atomic E-state index is -1.08. The second-order valence-corrected chi connectivity index (χ2v) is 6.31. The number of hydrogen-bond donors (Lipinski definition) is 0. The first-order valence-electron chi connectivity index (χ1n) is 5.17. The number of rotatable bonds is 0.